The Labute approximate surface area is 131 Å². The van der Waals surface area contributed by atoms with Crippen LogP contribution in [0.25, 0.3) is 0 Å². The number of ether oxygens (including phenoxy) is 1. The molecule has 2 heterocycles. The van der Waals surface area contributed by atoms with E-state index in [9.17, 15) is 4.79 Å². The van der Waals surface area contributed by atoms with Crippen molar-refractivity contribution in [2.75, 3.05) is 13.1 Å². The fraction of sp³-hybridized carbons (Fsp3) is 0.267. The van der Waals surface area contributed by atoms with Crippen LogP contribution in [0.5, 0.6) is 5.88 Å². The van der Waals surface area contributed by atoms with Crippen LogP contribution >= 0.6 is 15.9 Å². The average Bonchev–Trinajstić information content (AvgIpc) is 2.97. The van der Waals surface area contributed by atoms with E-state index in [-0.39, 0.29) is 12.0 Å². The van der Waals surface area contributed by atoms with Crippen molar-refractivity contribution in [3.05, 3.63) is 52.9 Å². The maximum Gasteiger partial charge on any atom is 0.255 e. The summed E-state index contributed by atoms with van der Waals surface area (Å²) >= 11 is 3.42. The van der Waals surface area contributed by atoms with Crippen molar-refractivity contribution in [1.82, 2.24) is 14.9 Å². The van der Waals surface area contributed by atoms with Gasteiger partial charge in [-0.25, -0.2) is 9.97 Å². The molecule has 1 atom stereocenters. The molecule has 3 rings (SSSR count). The second-order valence-electron chi connectivity index (χ2n) is 4.81. The van der Waals surface area contributed by atoms with Gasteiger partial charge in [0.15, 0.2) is 0 Å². The van der Waals surface area contributed by atoms with Crippen LogP contribution in [-0.4, -0.2) is 40.0 Å². The van der Waals surface area contributed by atoms with Gasteiger partial charge in [0.1, 0.15) is 12.4 Å². The summed E-state index contributed by atoms with van der Waals surface area (Å²) < 4.78 is 6.58. The van der Waals surface area contributed by atoms with Crippen LogP contribution in [0.4, 0.5) is 0 Å². The molecule has 6 heteroatoms. The highest BCUT2D eigenvalue weighted by Crippen LogP contribution is 2.22. The summed E-state index contributed by atoms with van der Waals surface area (Å²) in [4.78, 5) is 22.2. The van der Waals surface area contributed by atoms with E-state index in [2.05, 4.69) is 25.9 Å². The Balaban J connectivity index is 1.65. The van der Waals surface area contributed by atoms with Crippen molar-refractivity contribution < 1.29 is 9.53 Å². The number of carbonyl (C=O) groups is 1. The predicted octanol–water partition coefficient (Wildman–Crippen LogP) is 2.53. The Bertz CT molecular complexity index is 636. The highest BCUT2D eigenvalue weighted by Gasteiger charge is 2.29. The number of rotatable bonds is 3. The minimum atomic E-state index is -0.0219. The van der Waals surface area contributed by atoms with Crippen molar-refractivity contribution in [2.45, 2.75) is 12.5 Å². The maximum atomic E-state index is 12.5. The molecule has 0 bridgehead atoms. The molecule has 1 amide bonds. The van der Waals surface area contributed by atoms with E-state index in [1.165, 1.54) is 6.33 Å². The molecule has 2 aromatic rings. The third-order valence-corrected chi connectivity index (χ3v) is 4.07. The Morgan fingerprint density at radius 3 is 2.95 bits per heavy atom. The van der Waals surface area contributed by atoms with Crippen LogP contribution in [0.1, 0.15) is 16.8 Å². The summed E-state index contributed by atoms with van der Waals surface area (Å²) in [7, 11) is 0. The lowest BCUT2D eigenvalue weighted by molar-refractivity contribution is 0.0770. The standard InChI is InChI=1S/C15H14BrN3O2/c16-13-4-2-1-3-12(13)15(20)19-8-6-11(9-19)21-14-5-7-17-10-18-14/h1-5,7,10-11H,6,8-9H2/t11-/m1/s1. The number of hydrogen-bond acceptors (Lipinski definition) is 4. The number of hydrogen-bond donors (Lipinski definition) is 0. The third-order valence-electron chi connectivity index (χ3n) is 3.38. The molecule has 0 saturated carbocycles. The molecule has 1 fully saturated rings. The molecule has 5 nitrogen and oxygen atoms in total. The fourth-order valence-electron chi connectivity index (χ4n) is 2.33. The quantitative estimate of drug-likeness (QED) is 0.855. The van der Waals surface area contributed by atoms with Crippen molar-refractivity contribution in [3.8, 4) is 5.88 Å². The fourth-order valence-corrected chi connectivity index (χ4v) is 2.79. The first-order valence-corrected chi connectivity index (χ1v) is 7.50. The molecule has 1 aromatic heterocycles. The van der Waals surface area contributed by atoms with E-state index < -0.39 is 0 Å². The van der Waals surface area contributed by atoms with Gasteiger partial charge in [-0.15, -0.1) is 0 Å². The highest BCUT2D eigenvalue weighted by molar-refractivity contribution is 9.10. The molecule has 1 aromatic carbocycles. The molecular formula is C15H14BrN3O2. The second kappa shape index (κ2) is 6.22. The zero-order chi connectivity index (χ0) is 14.7. The SMILES string of the molecule is O=C(c1ccccc1Br)N1CC[C@@H](Oc2ccncn2)C1. The molecule has 108 valence electrons. The number of aromatic nitrogens is 2. The van der Waals surface area contributed by atoms with E-state index in [1.807, 2.05) is 29.2 Å². The van der Waals surface area contributed by atoms with Gasteiger partial charge >= 0.3 is 0 Å². The Morgan fingerprint density at radius 1 is 1.33 bits per heavy atom. The molecule has 1 aliphatic heterocycles. The van der Waals surface area contributed by atoms with Crippen molar-refractivity contribution >= 4 is 21.8 Å². The van der Waals surface area contributed by atoms with Gasteiger partial charge in [-0.2, -0.15) is 0 Å². The second-order valence-corrected chi connectivity index (χ2v) is 5.66. The van der Waals surface area contributed by atoms with Gasteiger partial charge in [0.25, 0.3) is 5.91 Å². The zero-order valence-corrected chi connectivity index (χ0v) is 12.9. The van der Waals surface area contributed by atoms with Gasteiger partial charge in [-0.3, -0.25) is 4.79 Å². The largest absolute Gasteiger partial charge is 0.472 e. The number of benzene rings is 1. The van der Waals surface area contributed by atoms with E-state index >= 15 is 0 Å². The van der Waals surface area contributed by atoms with Crippen LogP contribution in [0.3, 0.4) is 0 Å². The van der Waals surface area contributed by atoms with Gasteiger partial charge in [-0.1, -0.05) is 12.1 Å². The van der Waals surface area contributed by atoms with Crippen molar-refractivity contribution in [3.63, 3.8) is 0 Å². The molecule has 1 saturated heterocycles. The first-order chi connectivity index (χ1) is 10.2. The first-order valence-electron chi connectivity index (χ1n) is 6.70. The lowest BCUT2D eigenvalue weighted by Crippen LogP contribution is -2.31. The van der Waals surface area contributed by atoms with E-state index in [4.69, 9.17) is 4.74 Å². The Kier molecular flexibility index (Phi) is 4.15. The molecular weight excluding hydrogens is 334 g/mol. The van der Waals surface area contributed by atoms with Gasteiger partial charge < -0.3 is 9.64 Å². The normalized spacial score (nSPS) is 17.8. The maximum absolute atomic E-state index is 12.5. The summed E-state index contributed by atoms with van der Waals surface area (Å²) in [5, 5.41) is 0. The van der Waals surface area contributed by atoms with Gasteiger partial charge in [0.05, 0.1) is 12.1 Å². The summed E-state index contributed by atoms with van der Waals surface area (Å²) in [6.45, 7) is 1.26. The monoisotopic (exact) mass is 347 g/mol. The van der Waals surface area contributed by atoms with E-state index in [0.29, 0.717) is 24.5 Å². The lowest BCUT2D eigenvalue weighted by atomic mass is 10.2. The molecule has 21 heavy (non-hydrogen) atoms. The lowest BCUT2D eigenvalue weighted by Gasteiger charge is -2.17. The van der Waals surface area contributed by atoms with Crippen LogP contribution in [0.2, 0.25) is 0 Å². The minimum absolute atomic E-state index is 0.0219. The molecule has 0 spiro atoms. The topological polar surface area (TPSA) is 55.3 Å². The highest BCUT2D eigenvalue weighted by atomic mass is 79.9. The molecule has 0 radical (unpaired) electrons. The first kappa shape index (κ1) is 14.0. The Hall–Kier alpha value is -1.95. The molecule has 0 N–H and O–H groups in total. The number of nitrogens with zero attached hydrogens (tertiary/aromatic N) is 3. The van der Waals surface area contributed by atoms with Crippen LogP contribution in [0, 0.1) is 0 Å². The van der Waals surface area contributed by atoms with Gasteiger partial charge in [0.2, 0.25) is 5.88 Å². The summed E-state index contributed by atoms with van der Waals surface area (Å²) in [5.41, 5.74) is 0.681. The van der Waals surface area contributed by atoms with Crippen molar-refractivity contribution in [1.29, 1.82) is 0 Å². The summed E-state index contributed by atoms with van der Waals surface area (Å²) in [6, 6.07) is 9.18. The van der Waals surface area contributed by atoms with E-state index in [0.717, 1.165) is 10.9 Å². The minimum Gasteiger partial charge on any atom is -0.472 e. The van der Waals surface area contributed by atoms with Crippen molar-refractivity contribution in [2.24, 2.45) is 0 Å². The third kappa shape index (κ3) is 3.21. The number of carbonyl (C=O) groups excluding carboxylic acids is 1. The number of likely N-dealkylation sites (tertiary alicyclic amines) is 1. The van der Waals surface area contributed by atoms with Gasteiger partial charge in [0, 0.05) is 29.7 Å². The summed E-state index contributed by atoms with van der Waals surface area (Å²) in [6.07, 6.45) is 3.88. The smallest absolute Gasteiger partial charge is 0.255 e. The predicted molar refractivity (Wildman–Crippen MR) is 81.1 cm³/mol. The van der Waals surface area contributed by atoms with Gasteiger partial charge in [-0.05, 0) is 28.1 Å². The average molecular weight is 348 g/mol. The number of halogens is 1. The molecule has 0 aliphatic carbocycles. The number of amides is 1. The Morgan fingerprint density at radius 2 is 2.19 bits per heavy atom. The van der Waals surface area contributed by atoms with Crippen LogP contribution < -0.4 is 4.74 Å². The molecule has 0 unspecified atom stereocenters. The van der Waals surface area contributed by atoms with Crippen LogP contribution in [-0.2, 0) is 0 Å². The van der Waals surface area contributed by atoms with Crippen LogP contribution in [0.15, 0.2) is 47.3 Å². The summed E-state index contributed by atoms with van der Waals surface area (Å²) in [5.74, 6) is 0.571. The molecule has 1 aliphatic rings. The van der Waals surface area contributed by atoms with E-state index in [1.54, 1.807) is 12.3 Å². The zero-order valence-electron chi connectivity index (χ0n) is 11.3.